The van der Waals surface area contributed by atoms with Gasteiger partial charge in [0.25, 0.3) is 6.47 Å². The summed E-state index contributed by atoms with van der Waals surface area (Å²) in [7, 11) is 2.00. The molecule has 2 atom stereocenters. The summed E-state index contributed by atoms with van der Waals surface area (Å²) < 4.78 is 5.98. The Hall–Kier alpha value is -2.16. The van der Waals surface area contributed by atoms with Gasteiger partial charge in [-0.15, -0.1) is 0 Å². The van der Waals surface area contributed by atoms with Crippen molar-refractivity contribution in [3.05, 3.63) is 29.3 Å². The molecule has 1 fully saturated rings. The lowest BCUT2D eigenvalue weighted by atomic mass is 9.74. The fraction of sp³-hybridized carbons (Fsp3) is 0.579. The van der Waals surface area contributed by atoms with Crippen LogP contribution in [0.2, 0.25) is 0 Å². The van der Waals surface area contributed by atoms with Crippen LogP contribution in [0.5, 0.6) is 5.75 Å². The van der Waals surface area contributed by atoms with Gasteiger partial charge in [-0.2, -0.15) is 0 Å². The first-order chi connectivity index (χ1) is 12.9. The number of amidine groups is 1. The van der Waals surface area contributed by atoms with Gasteiger partial charge in [-0.3, -0.25) is 14.6 Å². The van der Waals surface area contributed by atoms with E-state index in [1.807, 2.05) is 26.1 Å². The number of nitrogens with two attached hydrogens (primary N) is 2. The molecule has 1 aromatic carbocycles. The smallest absolute Gasteiger partial charge is 0.290 e. The highest BCUT2D eigenvalue weighted by atomic mass is 16.6. The minimum Gasteiger partial charge on any atom is -0.487 e. The van der Waals surface area contributed by atoms with Crippen molar-refractivity contribution in [1.82, 2.24) is 5.32 Å². The summed E-state index contributed by atoms with van der Waals surface area (Å²) in [5.74, 6) is 6.76. The number of fused-ring (bicyclic) bond motifs is 1. The normalized spacial score (nSPS) is 27.9. The highest BCUT2D eigenvalue weighted by Gasteiger charge is 2.38. The van der Waals surface area contributed by atoms with Gasteiger partial charge < -0.3 is 20.9 Å². The molecule has 1 aliphatic heterocycles. The SMILES string of the molecule is CNC1(C)CC(N=C(N)c2ccc3c(c2)CCC(C(C)ON)O3)C1.O=CO. The number of carbonyl (C=O) groups is 1. The molecule has 8 heteroatoms. The summed E-state index contributed by atoms with van der Waals surface area (Å²) >= 11 is 0. The minimum absolute atomic E-state index is 0.00596. The van der Waals surface area contributed by atoms with E-state index in [0.717, 1.165) is 37.0 Å². The van der Waals surface area contributed by atoms with Crippen molar-refractivity contribution in [2.45, 2.75) is 63.3 Å². The summed E-state index contributed by atoms with van der Waals surface area (Å²) in [4.78, 5) is 17.9. The van der Waals surface area contributed by atoms with E-state index >= 15 is 0 Å². The van der Waals surface area contributed by atoms with Crippen LogP contribution >= 0.6 is 0 Å². The average molecular weight is 378 g/mol. The molecule has 150 valence electrons. The predicted octanol–water partition coefficient (Wildman–Crippen LogP) is 1.21. The molecular weight excluding hydrogens is 348 g/mol. The maximum atomic E-state index is 8.36. The number of aryl methyl sites for hydroxylation is 1. The van der Waals surface area contributed by atoms with E-state index in [4.69, 9.17) is 31.1 Å². The number of benzene rings is 1. The van der Waals surface area contributed by atoms with Crippen LogP contribution in [0.1, 0.15) is 44.2 Å². The molecule has 2 aliphatic rings. The van der Waals surface area contributed by atoms with Crippen LogP contribution in [-0.2, 0) is 16.1 Å². The standard InChI is InChI=1S/C18H28N4O2.CH2O2/c1-11(24-20)15-6-4-12-8-13(5-7-16(12)23-15)17(19)22-14-9-18(2,10-14)21-3;2-1-3/h5,7-8,11,14-15,21H,4,6,9-10,20H2,1-3H3,(H2,19,22);1H,(H,2,3). The molecule has 1 aliphatic carbocycles. The quantitative estimate of drug-likeness (QED) is 0.262. The third-order valence-corrected chi connectivity index (χ3v) is 5.37. The van der Waals surface area contributed by atoms with Crippen LogP contribution in [-0.4, -0.2) is 48.3 Å². The lowest BCUT2D eigenvalue weighted by Crippen LogP contribution is -2.53. The first-order valence-electron chi connectivity index (χ1n) is 9.11. The molecule has 2 unspecified atom stereocenters. The molecule has 3 rings (SSSR count). The zero-order chi connectivity index (χ0) is 20.0. The van der Waals surface area contributed by atoms with Gasteiger partial charge in [0, 0.05) is 11.1 Å². The van der Waals surface area contributed by atoms with Crippen LogP contribution in [0.25, 0.3) is 0 Å². The molecule has 1 heterocycles. The van der Waals surface area contributed by atoms with E-state index in [9.17, 15) is 0 Å². The van der Waals surface area contributed by atoms with Gasteiger partial charge in [-0.05, 0) is 70.3 Å². The van der Waals surface area contributed by atoms with Gasteiger partial charge in [-0.1, -0.05) is 0 Å². The van der Waals surface area contributed by atoms with Crippen LogP contribution in [0.4, 0.5) is 0 Å². The van der Waals surface area contributed by atoms with E-state index in [1.54, 1.807) is 0 Å². The topological polar surface area (TPSA) is 132 Å². The van der Waals surface area contributed by atoms with E-state index in [-0.39, 0.29) is 24.2 Å². The molecular formula is C19H30N4O4. The maximum Gasteiger partial charge on any atom is 0.290 e. The van der Waals surface area contributed by atoms with Crippen molar-refractivity contribution in [3.63, 3.8) is 0 Å². The Bertz CT molecular complexity index is 674. The maximum absolute atomic E-state index is 8.36. The fourth-order valence-corrected chi connectivity index (χ4v) is 3.53. The van der Waals surface area contributed by atoms with E-state index in [2.05, 4.69) is 23.3 Å². The lowest BCUT2D eigenvalue weighted by Gasteiger charge is -2.43. The van der Waals surface area contributed by atoms with Crippen molar-refractivity contribution in [2.24, 2.45) is 16.6 Å². The number of hydrogen-bond donors (Lipinski definition) is 4. The van der Waals surface area contributed by atoms with Crippen molar-refractivity contribution < 1.29 is 19.5 Å². The number of carboxylic acid groups (broad SMARTS) is 1. The minimum atomic E-state index is -0.250. The van der Waals surface area contributed by atoms with Gasteiger partial charge >= 0.3 is 0 Å². The van der Waals surface area contributed by atoms with E-state index < -0.39 is 0 Å². The Morgan fingerprint density at radius 1 is 1.52 bits per heavy atom. The molecule has 0 amide bonds. The number of aliphatic imine (C=N–C) groups is 1. The number of hydrogen-bond acceptors (Lipinski definition) is 6. The molecule has 8 nitrogen and oxygen atoms in total. The highest BCUT2D eigenvalue weighted by molar-refractivity contribution is 5.98. The second-order valence-corrected chi connectivity index (χ2v) is 7.35. The molecule has 0 spiro atoms. The van der Waals surface area contributed by atoms with E-state index in [1.165, 1.54) is 5.56 Å². The zero-order valence-corrected chi connectivity index (χ0v) is 16.1. The summed E-state index contributed by atoms with van der Waals surface area (Å²) in [6, 6.07) is 6.35. The van der Waals surface area contributed by atoms with Gasteiger partial charge in [-0.25, -0.2) is 5.90 Å². The Labute approximate surface area is 159 Å². The van der Waals surface area contributed by atoms with Crippen LogP contribution in [0, 0.1) is 0 Å². The summed E-state index contributed by atoms with van der Waals surface area (Å²) in [5.41, 5.74) is 8.56. The summed E-state index contributed by atoms with van der Waals surface area (Å²) in [6.07, 6.45) is 3.73. The molecule has 0 radical (unpaired) electrons. The number of rotatable bonds is 5. The molecule has 0 aromatic heterocycles. The first-order valence-corrected chi connectivity index (χ1v) is 9.11. The summed E-state index contributed by atoms with van der Waals surface area (Å²) in [6.45, 7) is 3.89. The number of nitrogens with one attached hydrogen (secondary N) is 1. The molecule has 27 heavy (non-hydrogen) atoms. The van der Waals surface area contributed by atoms with Crippen molar-refractivity contribution in [1.29, 1.82) is 0 Å². The monoisotopic (exact) mass is 378 g/mol. The summed E-state index contributed by atoms with van der Waals surface area (Å²) in [5, 5.41) is 10.2. The number of ether oxygens (including phenoxy) is 1. The third-order valence-electron chi connectivity index (χ3n) is 5.37. The Morgan fingerprint density at radius 3 is 2.78 bits per heavy atom. The predicted molar refractivity (Wildman–Crippen MR) is 104 cm³/mol. The molecule has 6 N–H and O–H groups in total. The van der Waals surface area contributed by atoms with Gasteiger partial charge in [0.05, 0.1) is 6.04 Å². The first kappa shape index (κ1) is 21.1. The van der Waals surface area contributed by atoms with Crippen molar-refractivity contribution in [3.8, 4) is 5.75 Å². The third kappa shape index (κ3) is 5.18. The zero-order valence-electron chi connectivity index (χ0n) is 16.1. The Morgan fingerprint density at radius 2 is 2.19 bits per heavy atom. The fourth-order valence-electron chi connectivity index (χ4n) is 3.53. The highest BCUT2D eigenvalue weighted by Crippen LogP contribution is 2.34. The second-order valence-electron chi connectivity index (χ2n) is 7.35. The van der Waals surface area contributed by atoms with Gasteiger partial charge in [0.15, 0.2) is 0 Å². The Balaban J connectivity index is 0.000000817. The average Bonchev–Trinajstić information content (AvgIpc) is 2.65. The van der Waals surface area contributed by atoms with Crippen LogP contribution in [0.15, 0.2) is 23.2 Å². The molecule has 1 saturated carbocycles. The number of nitrogens with zero attached hydrogens (tertiary/aromatic N) is 1. The van der Waals surface area contributed by atoms with Crippen molar-refractivity contribution in [2.75, 3.05) is 7.05 Å². The Kier molecular flexibility index (Phi) is 7.18. The largest absolute Gasteiger partial charge is 0.487 e. The molecule has 0 saturated heterocycles. The van der Waals surface area contributed by atoms with Crippen LogP contribution in [0.3, 0.4) is 0 Å². The van der Waals surface area contributed by atoms with Gasteiger partial charge in [0.1, 0.15) is 23.8 Å². The second kappa shape index (κ2) is 9.16. The van der Waals surface area contributed by atoms with Crippen LogP contribution < -0.4 is 21.7 Å². The van der Waals surface area contributed by atoms with Crippen molar-refractivity contribution >= 4 is 12.3 Å². The molecule has 0 bridgehead atoms. The van der Waals surface area contributed by atoms with Gasteiger partial charge in [0.2, 0.25) is 0 Å². The molecule has 1 aromatic rings. The van der Waals surface area contributed by atoms with E-state index in [0.29, 0.717) is 11.9 Å². The lowest BCUT2D eigenvalue weighted by molar-refractivity contribution is -0.122.